The van der Waals surface area contributed by atoms with Gasteiger partial charge in [0, 0.05) is 55.7 Å². The van der Waals surface area contributed by atoms with E-state index in [1.165, 1.54) is 5.56 Å². The minimum atomic E-state index is 0. The Morgan fingerprint density at radius 1 is 1.29 bits per heavy atom. The first-order valence-corrected chi connectivity index (χ1v) is 9.65. The standard InChI is InChI=1S/C18H26N2O2S.ClH/c21-17(12-16-13-23-11-8-19-16)20-14-18(6-9-22-10-7-18)15-4-2-1-3-5-15;/h1-5,16,19H,6-14H2,(H,20,21);1H. The second kappa shape index (κ2) is 9.66. The number of rotatable bonds is 5. The molecule has 0 aromatic heterocycles. The number of ether oxygens (including phenoxy) is 1. The van der Waals surface area contributed by atoms with Gasteiger partial charge in [0.2, 0.25) is 5.91 Å². The van der Waals surface area contributed by atoms with Gasteiger partial charge in [-0.3, -0.25) is 4.79 Å². The molecule has 2 aliphatic heterocycles. The minimum absolute atomic E-state index is 0. The van der Waals surface area contributed by atoms with Crippen LogP contribution in [0.25, 0.3) is 0 Å². The highest BCUT2D eigenvalue weighted by Gasteiger charge is 2.34. The third-order valence-corrected chi connectivity index (χ3v) is 6.02. The smallest absolute Gasteiger partial charge is 0.221 e. The molecule has 2 saturated heterocycles. The van der Waals surface area contributed by atoms with E-state index >= 15 is 0 Å². The fraction of sp³-hybridized carbons (Fsp3) is 0.611. The Balaban J connectivity index is 0.00000208. The number of nitrogens with one attached hydrogen (secondary N) is 2. The number of hydrogen-bond acceptors (Lipinski definition) is 4. The van der Waals surface area contributed by atoms with E-state index in [0.29, 0.717) is 19.0 Å². The minimum Gasteiger partial charge on any atom is -0.381 e. The first-order valence-electron chi connectivity index (χ1n) is 8.50. The van der Waals surface area contributed by atoms with Crippen LogP contribution in [-0.4, -0.2) is 49.8 Å². The zero-order valence-electron chi connectivity index (χ0n) is 14.0. The summed E-state index contributed by atoms with van der Waals surface area (Å²) in [7, 11) is 0. The van der Waals surface area contributed by atoms with Crippen LogP contribution in [0, 0.1) is 0 Å². The second-order valence-electron chi connectivity index (χ2n) is 6.47. The summed E-state index contributed by atoms with van der Waals surface area (Å²) in [6.45, 7) is 3.25. The molecule has 2 fully saturated rings. The van der Waals surface area contributed by atoms with Crippen LogP contribution >= 0.6 is 24.2 Å². The molecule has 0 spiro atoms. The Bertz CT molecular complexity index is 503. The predicted octanol–water partition coefficient (Wildman–Crippen LogP) is 2.37. The average Bonchev–Trinajstić information content (AvgIpc) is 2.62. The normalized spacial score (nSPS) is 23.1. The summed E-state index contributed by atoms with van der Waals surface area (Å²) < 4.78 is 5.55. The van der Waals surface area contributed by atoms with Crippen LogP contribution in [0.2, 0.25) is 0 Å². The van der Waals surface area contributed by atoms with Crippen molar-refractivity contribution in [3.63, 3.8) is 0 Å². The van der Waals surface area contributed by atoms with Gasteiger partial charge in [-0.25, -0.2) is 0 Å². The number of benzene rings is 1. The van der Waals surface area contributed by atoms with Gasteiger partial charge < -0.3 is 15.4 Å². The highest BCUT2D eigenvalue weighted by Crippen LogP contribution is 2.34. The zero-order valence-corrected chi connectivity index (χ0v) is 15.6. The quantitative estimate of drug-likeness (QED) is 0.835. The summed E-state index contributed by atoms with van der Waals surface area (Å²) in [5.41, 5.74) is 1.33. The monoisotopic (exact) mass is 370 g/mol. The number of thioether (sulfide) groups is 1. The Hall–Kier alpha value is -0.750. The Morgan fingerprint density at radius 2 is 2.04 bits per heavy atom. The molecule has 1 aromatic carbocycles. The molecule has 4 nitrogen and oxygen atoms in total. The van der Waals surface area contributed by atoms with Gasteiger partial charge in [0.15, 0.2) is 0 Å². The summed E-state index contributed by atoms with van der Waals surface area (Å²) in [6.07, 6.45) is 2.51. The molecular weight excluding hydrogens is 344 g/mol. The first kappa shape index (κ1) is 19.6. The maximum absolute atomic E-state index is 12.3. The zero-order chi connectivity index (χ0) is 16.0. The lowest BCUT2D eigenvalue weighted by molar-refractivity contribution is -0.122. The van der Waals surface area contributed by atoms with Crippen LogP contribution in [0.1, 0.15) is 24.8 Å². The van der Waals surface area contributed by atoms with Crippen molar-refractivity contribution < 1.29 is 9.53 Å². The molecule has 1 atom stereocenters. The maximum Gasteiger partial charge on any atom is 0.221 e. The lowest BCUT2D eigenvalue weighted by atomic mass is 9.74. The molecule has 2 N–H and O–H groups in total. The topological polar surface area (TPSA) is 50.4 Å². The molecule has 0 bridgehead atoms. The molecule has 24 heavy (non-hydrogen) atoms. The molecule has 1 amide bonds. The summed E-state index contributed by atoms with van der Waals surface area (Å²) in [5, 5.41) is 6.62. The van der Waals surface area contributed by atoms with Crippen molar-refractivity contribution >= 4 is 30.1 Å². The second-order valence-corrected chi connectivity index (χ2v) is 7.62. The van der Waals surface area contributed by atoms with E-state index in [1.807, 2.05) is 17.8 Å². The van der Waals surface area contributed by atoms with Gasteiger partial charge in [0.1, 0.15) is 0 Å². The number of carbonyl (C=O) groups is 1. The third-order valence-electron chi connectivity index (χ3n) is 4.89. The van der Waals surface area contributed by atoms with E-state index in [9.17, 15) is 4.79 Å². The van der Waals surface area contributed by atoms with Crippen LogP contribution in [0.3, 0.4) is 0 Å². The van der Waals surface area contributed by atoms with Gasteiger partial charge in [-0.1, -0.05) is 30.3 Å². The van der Waals surface area contributed by atoms with E-state index in [0.717, 1.165) is 44.1 Å². The van der Waals surface area contributed by atoms with Crippen LogP contribution in [-0.2, 0) is 14.9 Å². The molecule has 0 saturated carbocycles. The van der Waals surface area contributed by atoms with Gasteiger partial charge in [-0.15, -0.1) is 12.4 Å². The van der Waals surface area contributed by atoms with Crippen molar-refractivity contribution in [2.75, 3.05) is 37.8 Å². The van der Waals surface area contributed by atoms with Crippen molar-refractivity contribution in [2.45, 2.75) is 30.7 Å². The van der Waals surface area contributed by atoms with Gasteiger partial charge in [0.25, 0.3) is 0 Å². The summed E-state index contributed by atoms with van der Waals surface area (Å²) in [6, 6.07) is 10.9. The molecule has 1 aromatic rings. The molecule has 3 rings (SSSR count). The predicted molar refractivity (Wildman–Crippen MR) is 102 cm³/mol. The fourth-order valence-corrected chi connectivity index (χ4v) is 4.39. The van der Waals surface area contributed by atoms with Crippen LogP contribution in [0.15, 0.2) is 30.3 Å². The highest BCUT2D eigenvalue weighted by atomic mass is 35.5. The van der Waals surface area contributed by atoms with E-state index in [1.54, 1.807) is 0 Å². The lowest BCUT2D eigenvalue weighted by Crippen LogP contribution is -2.47. The number of amides is 1. The van der Waals surface area contributed by atoms with Crippen molar-refractivity contribution in [1.29, 1.82) is 0 Å². The van der Waals surface area contributed by atoms with Gasteiger partial charge in [0.05, 0.1) is 0 Å². The third kappa shape index (κ3) is 5.12. The van der Waals surface area contributed by atoms with Gasteiger partial charge in [-0.05, 0) is 18.4 Å². The Morgan fingerprint density at radius 3 is 2.71 bits per heavy atom. The number of halogens is 1. The van der Waals surface area contributed by atoms with Gasteiger partial charge in [-0.2, -0.15) is 11.8 Å². The summed E-state index contributed by atoms with van der Waals surface area (Å²) in [4.78, 5) is 12.3. The highest BCUT2D eigenvalue weighted by molar-refractivity contribution is 7.99. The van der Waals surface area contributed by atoms with E-state index in [2.05, 4.69) is 34.9 Å². The Labute approximate surface area is 154 Å². The molecule has 2 aliphatic rings. The molecule has 0 radical (unpaired) electrons. The van der Waals surface area contributed by atoms with Crippen LogP contribution < -0.4 is 10.6 Å². The lowest BCUT2D eigenvalue weighted by Gasteiger charge is -2.38. The van der Waals surface area contributed by atoms with Crippen LogP contribution in [0.4, 0.5) is 0 Å². The Kier molecular flexibility index (Phi) is 7.88. The molecule has 0 aliphatic carbocycles. The average molecular weight is 371 g/mol. The van der Waals surface area contributed by atoms with E-state index in [-0.39, 0.29) is 23.7 Å². The molecule has 6 heteroatoms. The van der Waals surface area contributed by atoms with Crippen molar-refractivity contribution in [3.8, 4) is 0 Å². The number of hydrogen-bond donors (Lipinski definition) is 2. The molecule has 2 heterocycles. The van der Waals surface area contributed by atoms with Crippen LogP contribution in [0.5, 0.6) is 0 Å². The maximum atomic E-state index is 12.3. The number of carbonyl (C=O) groups excluding carboxylic acids is 1. The fourth-order valence-electron chi connectivity index (χ4n) is 3.44. The first-order chi connectivity index (χ1) is 11.3. The molecule has 134 valence electrons. The SMILES string of the molecule is Cl.O=C(CC1CSCCN1)NCC1(c2ccccc2)CCOCC1. The summed E-state index contributed by atoms with van der Waals surface area (Å²) >= 11 is 1.93. The molecular formula is C18H27ClN2O2S. The molecule has 1 unspecified atom stereocenters. The van der Waals surface area contributed by atoms with Crippen molar-refractivity contribution in [3.05, 3.63) is 35.9 Å². The van der Waals surface area contributed by atoms with E-state index in [4.69, 9.17) is 4.74 Å². The van der Waals surface area contributed by atoms with Crippen molar-refractivity contribution in [1.82, 2.24) is 10.6 Å². The van der Waals surface area contributed by atoms with Crippen molar-refractivity contribution in [2.24, 2.45) is 0 Å². The largest absolute Gasteiger partial charge is 0.381 e. The van der Waals surface area contributed by atoms with Gasteiger partial charge >= 0.3 is 0 Å². The van der Waals surface area contributed by atoms with E-state index < -0.39 is 0 Å². The summed E-state index contributed by atoms with van der Waals surface area (Å²) in [5.74, 6) is 2.34.